The van der Waals surface area contributed by atoms with E-state index in [1.165, 1.54) is 0 Å². The van der Waals surface area contributed by atoms with Gasteiger partial charge in [-0.1, -0.05) is 11.3 Å². The van der Waals surface area contributed by atoms with Crippen LogP contribution in [0.3, 0.4) is 0 Å². The molecule has 4 rings (SSSR count). The van der Waals surface area contributed by atoms with Gasteiger partial charge in [-0.2, -0.15) is 32.3 Å². The summed E-state index contributed by atoms with van der Waals surface area (Å²) in [5, 5.41) is 22.2. The fourth-order valence-electron chi connectivity index (χ4n) is 1.69. The summed E-state index contributed by atoms with van der Waals surface area (Å²) in [4.78, 5) is 0.831. The van der Waals surface area contributed by atoms with Crippen molar-refractivity contribution in [2.45, 2.75) is 0 Å². The first-order valence-corrected chi connectivity index (χ1v) is 7.89. The number of rotatable bonds is 2. The summed E-state index contributed by atoms with van der Waals surface area (Å²) >= 11 is 4.88. The lowest BCUT2D eigenvalue weighted by atomic mass is 10.3. The first-order valence-electron chi connectivity index (χ1n) is 5.19. The van der Waals surface area contributed by atoms with Crippen LogP contribution in [-0.4, -0.2) is 19.8 Å². The van der Waals surface area contributed by atoms with Crippen molar-refractivity contribution in [1.82, 2.24) is 19.8 Å². The molecule has 0 aliphatic heterocycles. The molecule has 4 heterocycles. The van der Waals surface area contributed by atoms with Gasteiger partial charge in [-0.25, -0.2) is 0 Å². The third kappa shape index (κ3) is 1.52. The van der Waals surface area contributed by atoms with Crippen molar-refractivity contribution in [2.24, 2.45) is 0 Å². The summed E-state index contributed by atoms with van der Waals surface area (Å²) in [6.07, 6.45) is 0. The molecule has 0 aliphatic rings. The maximum atomic E-state index is 4.59. The van der Waals surface area contributed by atoms with E-state index in [1.807, 2.05) is 16.0 Å². The highest BCUT2D eigenvalue weighted by molar-refractivity contribution is 7.20. The topological polar surface area (TPSA) is 43.1 Å². The van der Waals surface area contributed by atoms with Crippen LogP contribution in [0.5, 0.6) is 0 Å². The second-order valence-electron chi connectivity index (χ2n) is 3.65. The fourth-order valence-corrected chi connectivity index (χ4v) is 3.88. The van der Waals surface area contributed by atoms with Crippen molar-refractivity contribution in [3.63, 3.8) is 0 Å². The Balaban J connectivity index is 1.92. The molecule has 0 spiro atoms. The first-order chi connectivity index (χ1) is 8.92. The average molecular weight is 290 g/mol. The van der Waals surface area contributed by atoms with E-state index in [9.17, 15) is 0 Å². The molecular weight excluding hydrogens is 284 g/mol. The van der Waals surface area contributed by atoms with Crippen LogP contribution >= 0.6 is 34.0 Å². The fraction of sp³-hybridized carbons (Fsp3) is 0. The van der Waals surface area contributed by atoms with Gasteiger partial charge in [0.05, 0.1) is 0 Å². The standard InChI is InChI=1S/C11H6N4S3/c1-3-16-5-7(1)9-12-13-11-15(9)14-10(18-11)8-2-4-17-6-8/h1-6H. The molecular formula is C11H6N4S3. The van der Waals surface area contributed by atoms with Crippen LogP contribution in [0.4, 0.5) is 0 Å². The van der Waals surface area contributed by atoms with Gasteiger partial charge in [-0.15, -0.1) is 10.2 Å². The minimum atomic E-state index is 0.809. The molecule has 0 aromatic carbocycles. The molecule has 0 bridgehead atoms. The zero-order valence-corrected chi connectivity index (χ0v) is 11.4. The van der Waals surface area contributed by atoms with Crippen LogP contribution in [0, 0.1) is 0 Å². The summed E-state index contributed by atoms with van der Waals surface area (Å²) in [5.74, 6) is 0.809. The molecule has 4 aromatic heterocycles. The molecule has 0 aliphatic carbocycles. The Morgan fingerprint density at radius 3 is 2.44 bits per heavy atom. The maximum Gasteiger partial charge on any atom is 0.235 e. The Hall–Kier alpha value is -1.57. The van der Waals surface area contributed by atoms with E-state index < -0.39 is 0 Å². The minimum Gasteiger partial charge on any atom is -0.182 e. The third-order valence-electron chi connectivity index (χ3n) is 2.54. The monoisotopic (exact) mass is 290 g/mol. The summed E-state index contributed by atoms with van der Waals surface area (Å²) in [5.41, 5.74) is 2.21. The van der Waals surface area contributed by atoms with Crippen LogP contribution in [0.15, 0.2) is 33.7 Å². The zero-order valence-electron chi connectivity index (χ0n) is 8.98. The van der Waals surface area contributed by atoms with Crippen molar-refractivity contribution in [3.05, 3.63) is 33.7 Å². The first kappa shape index (κ1) is 10.4. The molecule has 0 saturated heterocycles. The molecule has 0 fully saturated rings. The Morgan fingerprint density at radius 1 is 0.944 bits per heavy atom. The molecule has 88 valence electrons. The molecule has 0 saturated carbocycles. The Labute approximate surface area is 114 Å². The molecule has 0 unspecified atom stereocenters. The van der Waals surface area contributed by atoms with Crippen LogP contribution < -0.4 is 0 Å². The largest absolute Gasteiger partial charge is 0.235 e. The molecule has 18 heavy (non-hydrogen) atoms. The molecule has 0 amide bonds. The molecule has 0 atom stereocenters. The van der Waals surface area contributed by atoms with Gasteiger partial charge in [-0.05, 0) is 22.9 Å². The molecule has 0 N–H and O–H groups in total. The average Bonchev–Trinajstić information content (AvgIpc) is 3.13. The minimum absolute atomic E-state index is 0.809. The van der Waals surface area contributed by atoms with Crippen molar-refractivity contribution >= 4 is 39.0 Å². The predicted molar refractivity (Wildman–Crippen MR) is 75.3 cm³/mol. The predicted octanol–water partition coefficient (Wildman–Crippen LogP) is 3.64. The van der Waals surface area contributed by atoms with Crippen LogP contribution in [0.25, 0.3) is 26.9 Å². The Kier molecular flexibility index (Phi) is 2.29. The van der Waals surface area contributed by atoms with Gasteiger partial charge < -0.3 is 0 Å². The van der Waals surface area contributed by atoms with Gasteiger partial charge in [0.2, 0.25) is 4.96 Å². The number of hydrogen-bond acceptors (Lipinski definition) is 6. The summed E-state index contributed by atoms with van der Waals surface area (Å²) < 4.78 is 1.82. The number of nitrogens with zero attached hydrogens (tertiary/aromatic N) is 4. The molecule has 7 heteroatoms. The van der Waals surface area contributed by atoms with Gasteiger partial charge in [-0.3, -0.25) is 0 Å². The lowest BCUT2D eigenvalue weighted by Gasteiger charge is -1.90. The van der Waals surface area contributed by atoms with E-state index >= 15 is 0 Å². The number of thiophene rings is 2. The Bertz CT molecular complexity index is 780. The summed E-state index contributed by atoms with van der Waals surface area (Å²) in [6.45, 7) is 0. The molecule has 4 aromatic rings. The lowest BCUT2D eigenvalue weighted by Crippen LogP contribution is -1.88. The number of hydrogen-bond donors (Lipinski definition) is 0. The van der Waals surface area contributed by atoms with E-state index in [4.69, 9.17) is 0 Å². The molecule has 4 nitrogen and oxygen atoms in total. The highest BCUT2D eigenvalue weighted by atomic mass is 32.1. The quantitative estimate of drug-likeness (QED) is 0.566. The van der Waals surface area contributed by atoms with Crippen LogP contribution in [-0.2, 0) is 0 Å². The van der Waals surface area contributed by atoms with E-state index in [0.717, 1.165) is 26.9 Å². The highest BCUT2D eigenvalue weighted by Gasteiger charge is 2.14. The number of aromatic nitrogens is 4. The summed E-state index contributed by atoms with van der Waals surface area (Å²) in [6, 6.07) is 4.10. The van der Waals surface area contributed by atoms with Crippen LogP contribution in [0.1, 0.15) is 0 Å². The second kappa shape index (κ2) is 3.98. The van der Waals surface area contributed by atoms with Crippen LogP contribution in [0.2, 0.25) is 0 Å². The smallest absolute Gasteiger partial charge is 0.182 e. The van der Waals surface area contributed by atoms with Gasteiger partial charge >= 0.3 is 0 Å². The molecule has 0 radical (unpaired) electrons. The SMILES string of the molecule is c1cc(-c2nn3c(-c4ccsc4)nnc3s2)cs1. The van der Waals surface area contributed by atoms with E-state index in [-0.39, 0.29) is 0 Å². The van der Waals surface area contributed by atoms with Gasteiger partial charge in [0.25, 0.3) is 0 Å². The van der Waals surface area contributed by atoms with Crippen molar-refractivity contribution in [1.29, 1.82) is 0 Å². The van der Waals surface area contributed by atoms with E-state index in [1.54, 1.807) is 34.0 Å². The van der Waals surface area contributed by atoms with Crippen molar-refractivity contribution < 1.29 is 0 Å². The highest BCUT2D eigenvalue weighted by Crippen LogP contribution is 2.29. The lowest BCUT2D eigenvalue weighted by molar-refractivity contribution is 0.972. The van der Waals surface area contributed by atoms with Gasteiger partial charge in [0, 0.05) is 21.9 Å². The second-order valence-corrected chi connectivity index (χ2v) is 6.17. The Morgan fingerprint density at radius 2 is 1.72 bits per heavy atom. The number of fused-ring (bicyclic) bond motifs is 1. The third-order valence-corrected chi connectivity index (χ3v) is 4.85. The van der Waals surface area contributed by atoms with Crippen molar-refractivity contribution in [2.75, 3.05) is 0 Å². The van der Waals surface area contributed by atoms with E-state index in [2.05, 4.69) is 37.5 Å². The van der Waals surface area contributed by atoms with Gasteiger partial charge in [0.1, 0.15) is 5.01 Å². The normalized spacial score (nSPS) is 11.3. The maximum absolute atomic E-state index is 4.59. The zero-order chi connectivity index (χ0) is 11.9. The van der Waals surface area contributed by atoms with Gasteiger partial charge in [0.15, 0.2) is 5.82 Å². The van der Waals surface area contributed by atoms with Crippen molar-refractivity contribution in [3.8, 4) is 22.0 Å². The van der Waals surface area contributed by atoms with E-state index in [0.29, 0.717) is 0 Å². The summed E-state index contributed by atoms with van der Waals surface area (Å²) in [7, 11) is 0.